The van der Waals surface area contributed by atoms with E-state index >= 15 is 0 Å². The summed E-state index contributed by atoms with van der Waals surface area (Å²) in [5.41, 5.74) is 1.93. The summed E-state index contributed by atoms with van der Waals surface area (Å²) in [6, 6.07) is 15.6. The first-order valence-corrected chi connectivity index (χ1v) is 11.6. The van der Waals surface area contributed by atoms with Gasteiger partial charge < -0.3 is 14.8 Å². The Labute approximate surface area is 180 Å². The van der Waals surface area contributed by atoms with Gasteiger partial charge in [0.2, 0.25) is 0 Å². The van der Waals surface area contributed by atoms with Gasteiger partial charge >= 0.3 is 0 Å². The van der Waals surface area contributed by atoms with Crippen LogP contribution >= 0.6 is 0 Å². The highest BCUT2D eigenvalue weighted by atomic mass is 32.2. The number of hydrogen-bond donors (Lipinski definition) is 1. The number of carbonyl (C=O) groups is 1. The van der Waals surface area contributed by atoms with Gasteiger partial charge in [-0.2, -0.15) is 5.10 Å². The predicted molar refractivity (Wildman–Crippen MR) is 117 cm³/mol. The van der Waals surface area contributed by atoms with Gasteiger partial charge in [0, 0.05) is 17.2 Å². The fourth-order valence-corrected chi connectivity index (χ4v) is 5.26. The maximum absolute atomic E-state index is 12.8. The van der Waals surface area contributed by atoms with Crippen LogP contribution < -0.4 is 14.8 Å². The second kappa shape index (κ2) is 8.43. The first-order chi connectivity index (χ1) is 14.9. The van der Waals surface area contributed by atoms with Crippen molar-refractivity contribution in [1.29, 1.82) is 0 Å². The lowest BCUT2D eigenvalue weighted by Crippen LogP contribution is -2.19. The van der Waals surface area contributed by atoms with Crippen molar-refractivity contribution >= 4 is 21.6 Å². The molecule has 8 nitrogen and oxygen atoms in total. The molecule has 0 aliphatic carbocycles. The molecule has 1 aliphatic heterocycles. The Morgan fingerprint density at radius 2 is 1.65 bits per heavy atom. The first kappa shape index (κ1) is 20.9. The molecule has 0 radical (unpaired) electrons. The number of sulfone groups is 1. The van der Waals surface area contributed by atoms with E-state index in [1.165, 1.54) is 0 Å². The van der Waals surface area contributed by atoms with E-state index in [1.807, 2.05) is 24.3 Å². The Balaban J connectivity index is 1.66. The summed E-state index contributed by atoms with van der Waals surface area (Å²) in [6.45, 7) is 0. The van der Waals surface area contributed by atoms with Crippen molar-refractivity contribution in [1.82, 2.24) is 9.78 Å². The van der Waals surface area contributed by atoms with Gasteiger partial charge in [0.15, 0.2) is 9.84 Å². The molecule has 31 heavy (non-hydrogen) atoms. The number of carbonyl (C=O) groups excluding carboxylic acids is 1. The Kier molecular flexibility index (Phi) is 5.69. The first-order valence-electron chi connectivity index (χ1n) is 9.78. The average molecular weight is 442 g/mol. The van der Waals surface area contributed by atoms with E-state index in [1.54, 1.807) is 49.2 Å². The maximum atomic E-state index is 12.8. The zero-order valence-electron chi connectivity index (χ0n) is 17.2. The van der Waals surface area contributed by atoms with Gasteiger partial charge in [-0.05, 0) is 55.0 Å². The van der Waals surface area contributed by atoms with Crippen LogP contribution in [0.2, 0.25) is 0 Å². The lowest BCUT2D eigenvalue weighted by Gasteiger charge is -2.14. The predicted octanol–water partition coefficient (Wildman–Crippen LogP) is 3.18. The summed E-state index contributed by atoms with van der Waals surface area (Å²) in [7, 11) is 0.0368. The zero-order valence-corrected chi connectivity index (χ0v) is 18.1. The smallest absolute Gasteiger partial charge is 0.256 e. The van der Waals surface area contributed by atoms with Crippen molar-refractivity contribution in [2.75, 3.05) is 31.0 Å². The highest BCUT2D eigenvalue weighted by molar-refractivity contribution is 7.91. The number of ether oxygens (including phenoxy) is 2. The molecule has 1 saturated heterocycles. The van der Waals surface area contributed by atoms with Crippen LogP contribution in [0.4, 0.5) is 5.82 Å². The van der Waals surface area contributed by atoms with Gasteiger partial charge in [-0.15, -0.1) is 0 Å². The summed E-state index contributed by atoms with van der Waals surface area (Å²) >= 11 is 0. The number of aromatic nitrogens is 2. The SMILES string of the molecule is COc1ccc(C(=O)Nc2cc(-c3ccc(OC)cc3)nn2[C@H]2CCS(=O)(=O)C2)cc1. The summed E-state index contributed by atoms with van der Waals surface area (Å²) in [5.74, 6) is 1.63. The van der Waals surface area contributed by atoms with Crippen LogP contribution in [-0.2, 0) is 9.84 Å². The minimum Gasteiger partial charge on any atom is -0.497 e. The summed E-state index contributed by atoms with van der Waals surface area (Å²) < 4.78 is 36.0. The van der Waals surface area contributed by atoms with Gasteiger partial charge in [-0.25, -0.2) is 13.1 Å². The van der Waals surface area contributed by atoms with Gasteiger partial charge in [-0.3, -0.25) is 4.79 Å². The van der Waals surface area contributed by atoms with Crippen molar-refractivity contribution in [2.45, 2.75) is 12.5 Å². The second-order valence-corrected chi connectivity index (χ2v) is 9.56. The molecule has 162 valence electrons. The molecule has 1 aliphatic rings. The quantitative estimate of drug-likeness (QED) is 0.631. The molecular weight excluding hydrogens is 418 g/mol. The molecule has 1 N–H and O–H groups in total. The lowest BCUT2D eigenvalue weighted by molar-refractivity contribution is 0.102. The van der Waals surface area contributed by atoms with E-state index in [4.69, 9.17) is 9.47 Å². The van der Waals surface area contributed by atoms with Gasteiger partial charge in [0.25, 0.3) is 5.91 Å². The minimum atomic E-state index is -3.12. The van der Waals surface area contributed by atoms with E-state index in [9.17, 15) is 13.2 Å². The lowest BCUT2D eigenvalue weighted by atomic mass is 10.1. The number of nitrogens with zero attached hydrogens (tertiary/aromatic N) is 2. The number of amides is 1. The van der Waals surface area contributed by atoms with Gasteiger partial charge in [0.1, 0.15) is 17.3 Å². The average Bonchev–Trinajstić information content (AvgIpc) is 3.36. The molecule has 2 heterocycles. The van der Waals surface area contributed by atoms with Crippen LogP contribution in [0.1, 0.15) is 22.8 Å². The van der Waals surface area contributed by atoms with Crippen molar-refractivity contribution in [3.63, 3.8) is 0 Å². The second-order valence-electron chi connectivity index (χ2n) is 7.33. The number of rotatable bonds is 6. The molecular formula is C22H23N3O5S. The summed E-state index contributed by atoms with van der Waals surface area (Å²) in [4.78, 5) is 12.8. The van der Waals surface area contributed by atoms with E-state index in [-0.39, 0.29) is 23.5 Å². The van der Waals surface area contributed by atoms with Crippen LogP contribution in [0.25, 0.3) is 11.3 Å². The molecule has 9 heteroatoms. The summed E-state index contributed by atoms with van der Waals surface area (Å²) in [6.07, 6.45) is 0.456. The molecule has 4 rings (SSSR count). The molecule has 2 aromatic carbocycles. The highest BCUT2D eigenvalue weighted by Gasteiger charge is 2.32. The van der Waals surface area contributed by atoms with E-state index in [0.717, 1.165) is 11.3 Å². The monoisotopic (exact) mass is 441 g/mol. The topological polar surface area (TPSA) is 99.5 Å². The van der Waals surface area contributed by atoms with Crippen molar-refractivity contribution in [3.05, 3.63) is 60.2 Å². The Morgan fingerprint density at radius 1 is 1.03 bits per heavy atom. The largest absolute Gasteiger partial charge is 0.497 e. The molecule has 0 saturated carbocycles. The minimum absolute atomic E-state index is 0.00212. The van der Waals surface area contributed by atoms with Crippen LogP contribution in [0.3, 0.4) is 0 Å². The van der Waals surface area contributed by atoms with Gasteiger partial charge in [-0.1, -0.05) is 0 Å². The van der Waals surface area contributed by atoms with Crippen LogP contribution in [0.15, 0.2) is 54.6 Å². The number of nitrogens with one attached hydrogen (secondary N) is 1. The van der Waals surface area contributed by atoms with Crippen LogP contribution in [0.5, 0.6) is 11.5 Å². The van der Waals surface area contributed by atoms with Crippen molar-refractivity contribution in [3.8, 4) is 22.8 Å². The molecule has 1 aromatic heterocycles. The van der Waals surface area contributed by atoms with E-state index < -0.39 is 9.84 Å². The fraction of sp³-hybridized carbons (Fsp3) is 0.273. The molecule has 3 aromatic rings. The van der Waals surface area contributed by atoms with E-state index in [2.05, 4.69) is 10.4 Å². The third-order valence-electron chi connectivity index (χ3n) is 5.27. The normalized spacial score (nSPS) is 17.3. The maximum Gasteiger partial charge on any atom is 0.256 e. The van der Waals surface area contributed by atoms with Crippen LogP contribution in [0, 0.1) is 0 Å². The Bertz CT molecular complexity index is 1180. The summed E-state index contributed by atoms with van der Waals surface area (Å²) in [5, 5.41) is 7.52. The third-order valence-corrected chi connectivity index (χ3v) is 7.02. The van der Waals surface area contributed by atoms with E-state index in [0.29, 0.717) is 29.2 Å². The van der Waals surface area contributed by atoms with Gasteiger partial charge in [0.05, 0.1) is 37.5 Å². The van der Waals surface area contributed by atoms with Crippen molar-refractivity contribution < 1.29 is 22.7 Å². The number of benzene rings is 2. The molecule has 1 atom stereocenters. The zero-order chi connectivity index (χ0) is 22.0. The number of hydrogen-bond acceptors (Lipinski definition) is 6. The third kappa shape index (κ3) is 4.56. The number of methoxy groups -OCH3 is 2. The molecule has 0 bridgehead atoms. The van der Waals surface area contributed by atoms with Crippen molar-refractivity contribution in [2.24, 2.45) is 0 Å². The highest BCUT2D eigenvalue weighted by Crippen LogP contribution is 2.31. The Hall–Kier alpha value is -3.33. The van der Waals surface area contributed by atoms with Crippen LogP contribution in [-0.4, -0.2) is 49.8 Å². The molecule has 1 fully saturated rings. The molecule has 1 amide bonds. The molecule has 0 unspecified atom stereocenters. The standard InChI is InChI=1S/C22H23N3O5S/c1-29-18-7-3-15(4-8-18)20-13-21(25(24-20)17-11-12-31(27,28)14-17)23-22(26)16-5-9-19(30-2)10-6-16/h3-10,13,17H,11-12,14H2,1-2H3,(H,23,26)/t17-/m0/s1. The Morgan fingerprint density at radius 3 is 2.19 bits per heavy atom. The number of anilines is 1. The molecule has 0 spiro atoms. The fourth-order valence-electron chi connectivity index (χ4n) is 3.57.